The fraction of sp³-hybridized carbons (Fsp3) is 0.556. The molecule has 9 heteroatoms. The van der Waals surface area contributed by atoms with Gasteiger partial charge in [-0.3, -0.25) is 9.48 Å². The van der Waals surface area contributed by atoms with Crippen molar-refractivity contribution in [3.05, 3.63) is 33.8 Å². The number of hydrogen-bond donors (Lipinski definition) is 1. The van der Waals surface area contributed by atoms with E-state index in [0.717, 1.165) is 24.1 Å². The highest BCUT2D eigenvalue weighted by atomic mass is 32.2. The first-order chi connectivity index (χ1) is 12.8. The number of rotatable bonds is 6. The zero-order valence-electron chi connectivity index (χ0n) is 15.9. The van der Waals surface area contributed by atoms with Crippen molar-refractivity contribution < 1.29 is 13.2 Å². The smallest absolute Gasteiger partial charge is 0.246 e. The summed E-state index contributed by atoms with van der Waals surface area (Å²) < 4.78 is 29.1. The Bertz CT molecular complexity index is 897. The van der Waals surface area contributed by atoms with Crippen molar-refractivity contribution in [2.75, 3.05) is 13.1 Å². The Morgan fingerprint density at radius 3 is 2.63 bits per heavy atom. The van der Waals surface area contributed by atoms with E-state index in [1.165, 1.54) is 8.99 Å². The molecule has 148 valence electrons. The second-order valence-electron chi connectivity index (χ2n) is 6.93. The molecule has 0 aliphatic carbocycles. The number of carbonyl (C=O) groups is 1. The Kier molecular flexibility index (Phi) is 6.02. The molecule has 1 aliphatic heterocycles. The maximum Gasteiger partial charge on any atom is 0.246 e. The van der Waals surface area contributed by atoms with Gasteiger partial charge in [-0.1, -0.05) is 12.5 Å². The van der Waals surface area contributed by atoms with Gasteiger partial charge in [-0.25, -0.2) is 8.42 Å². The molecule has 2 aromatic heterocycles. The minimum Gasteiger partial charge on any atom is -0.347 e. The van der Waals surface area contributed by atoms with Crippen molar-refractivity contribution in [2.45, 2.75) is 57.5 Å². The van der Waals surface area contributed by atoms with Crippen molar-refractivity contribution in [1.82, 2.24) is 19.4 Å². The van der Waals surface area contributed by atoms with E-state index in [0.29, 0.717) is 24.5 Å². The Labute approximate surface area is 164 Å². The molecule has 7 nitrogen and oxygen atoms in total. The normalized spacial score (nSPS) is 17.0. The summed E-state index contributed by atoms with van der Waals surface area (Å²) in [5, 5.41) is 9.24. The number of aromatic nitrogens is 2. The summed E-state index contributed by atoms with van der Waals surface area (Å²) in [6, 6.07) is 3.83. The molecule has 0 radical (unpaired) electrons. The third-order valence-electron chi connectivity index (χ3n) is 4.87. The molecule has 3 rings (SSSR count). The lowest BCUT2D eigenvalue weighted by atomic mass is 10.2. The first kappa shape index (κ1) is 20.0. The molecule has 1 fully saturated rings. The summed E-state index contributed by atoms with van der Waals surface area (Å²) in [6.45, 7) is 6.42. The van der Waals surface area contributed by atoms with E-state index in [9.17, 15) is 13.2 Å². The molecule has 1 N–H and O–H groups in total. The van der Waals surface area contributed by atoms with Crippen molar-refractivity contribution in [1.29, 1.82) is 0 Å². The molecule has 1 unspecified atom stereocenters. The number of aryl methyl sites for hydroxylation is 1. The summed E-state index contributed by atoms with van der Waals surface area (Å²) in [6.07, 6.45) is 2.83. The van der Waals surface area contributed by atoms with Crippen LogP contribution < -0.4 is 5.32 Å². The highest BCUT2D eigenvalue weighted by molar-refractivity contribution is 7.89. The second kappa shape index (κ2) is 8.12. The van der Waals surface area contributed by atoms with Crippen molar-refractivity contribution in [3.8, 4) is 0 Å². The number of nitrogens with one attached hydrogen (secondary N) is 1. The molecule has 1 saturated heterocycles. The topological polar surface area (TPSA) is 84.3 Å². The zero-order valence-corrected chi connectivity index (χ0v) is 17.6. The molecular weight excluding hydrogens is 384 g/mol. The van der Waals surface area contributed by atoms with Crippen LogP contribution in [-0.4, -0.2) is 41.5 Å². The van der Waals surface area contributed by atoms with Crippen LogP contribution in [0.15, 0.2) is 22.4 Å². The van der Waals surface area contributed by atoms with Gasteiger partial charge in [0.15, 0.2) is 0 Å². The summed E-state index contributed by atoms with van der Waals surface area (Å²) in [5.74, 6) is -0.191. The van der Waals surface area contributed by atoms with Gasteiger partial charge >= 0.3 is 0 Å². The number of piperidine rings is 1. The fourth-order valence-corrected chi connectivity index (χ4v) is 6.10. The monoisotopic (exact) mass is 410 g/mol. The molecule has 1 aliphatic rings. The van der Waals surface area contributed by atoms with Crippen molar-refractivity contribution >= 4 is 27.3 Å². The Balaban J connectivity index is 1.76. The molecule has 3 heterocycles. The highest BCUT2D eigenvalue weighted by Crippen LogP contribution is 2.26. The van der Waals surface area contributed by atoms with E-state index in [4.69, 9.17) is 0 Å². The fourth-order valence-electron chi connectivity index (χ4n) is 3.47. The van der Waals surface area contributed by atoms with Gasteiger partial charge in [-0.2, -0.15) is 9.40 Å². The van der Waals surface area contributed by atoms with Crippen molar-refractivity contribution in [3.63, 3.8) is 0 Å². The predicted octanol–water partition coefficient (Wildman–Crippen LogP) is 2.61. The standard InChI is InChI=1S/C18H26N4O3S2/c1-13(16-8-7-11-26-16)19-17(23)12-22-15(3)18(14(2)20-22)27(24,25)21-9-5-4-6-10-21/h7-8,11,13H,4-6,9-10,12H2,1-3H3,(H,19,23). The van der Waals surface area contributed by atoms with E-state index in [-0.39, 0.29) is 23.4 Å². The highest BCUT2D eigenvalue weighted by Gasteiger charge is 2.32. The van der Waals surface area contributed by atoms with Crippen LogP contribution in [-0.2, 0) is 21.4 Å². The number of carbonyl (C=O) groups excluding carboxylic acids is 1. The van der Waals surface area contributed by atoms with Gasteiger partial charge in [-0.15, -0.1) is 11.3 Å². The summed E-state index contributed by atoms with van der Waals surface area (Å²) >= 11 is 1.59. The average molecular weight is 411 g/mol. The number of hydrogen-bond acceptors (Lipinski definition) is 5. The molecule has 27 heavy (non-hydrogen) atoms. The van der Waals surface area contributed by atoms with E-state index < -0.39 is 10.0 Å². The van der Waals surface area contributed by atoms with E-state index in [1.54, 1.807) is 25.2 Å². The van der Waals surface area contributed by atoms with Crippen LogP contribution in [0.5, 0.6) is 0 Å². The van der Waals surface area contributed by atoms with Gasteiger partial charge in [0.25, 0.3) is 0 Å². The number of nitrogens with zero attached hydrogens (tertiary/aromatic N) is 3. The summed E-state index contributed by atoms with van der Waals surface area (Å²) in [5.41, 5.74) is 0.953. The maximum absolute atomic E-state index is 13.0. The second-order valence-corrected chi connectivity index (χ2v) is 9.78. The third kappa shape index (κ3) is 4.25. The van der Waals surface area contributed by atoms with Gasteiger partial charge in [0.1, 0.15) is 11.4 Å². The van der Waals surface area contributed by atoms with E-state index in [1.807, 2.05) is 24.4 Å². The van der Waals surface area contributed by atoms with Crippen LogP contribution in [0, 0.1) is 13.8 Å². The lowest BCUT2D eigenvalue weighted by Crippen LogP contribution is -2.36. The van der Waals surface area contributed by atoms with Crippen LogP contribution in [0.2, 0.25) is 0 Å². The summed E-state index contributed by atoms with van der Waals surface area (Å²) in [4.78, 5) is 13.7. The molecular formula is C18H26N4O3S2. The molecule has 0 aromatic carbocycles. The minimum absolute atomic E-state index is 0.00207. The molecule has 0 saturated carbocycles. The number of sulfonamides is 1. The van der Waals surface area contributed by atoms with Crippen LogP contribution in [0.25, 0.3) is 0 Å². The van der Waals surface area contributed by atoms with Gasteiger partial charge in [-0.05, 0) is 45.1 Å². The lowest BCUT2D eigenvalue weighted by molar-refractivity contribution is -0.122. The number of amides is 1. The Hall–Kier alpha value is -1.71. The van der Waals surface area contributed by atoms with Gasteiger partial charge in [0.2, 0.25) is 15.9 Å². The first-order valence-electron chi connectivity index (χ1n) is 9.17. The summed E-state index contributed by atoms with van der Waals surface area (Å²) in [7, 11) is -3.58. The predicted molar refractivity (Wildman–Crippen MR) is 105 cm³/mol. The molecule has 1 amide bonds. The van der Waals surface area contributed by atoms with Crippen molar-refractivity contribution in [2.24, 2.45) is 0 Å². The van der Waals surface area contributed by atoms with Gasteiger partial charge in [0.05, 0.1) is 17.4 Å². The van der Waals surface area contributed by atoms with E-state index in [2.05, 4.69) is 10.4 Å². The molecule has 1 atom stereocenters. The largest absolute Gasteiger partial charge is 0.347 e. The lowest BCUT2D eigenvalue weighted by Gasteiger charge is -2.26. The van der Waals surface area contributed by atoms with Crippen LogP contribution in [0.4, 0.5) is 0 Å². The van der Waals surface area contributed by atoms with Crippen LogP contribution >= 0.6 is 11.3 Å². The minimum atomic E-state index is -3.58. The third-order valence-corrected chi connectivity index (χ3v) is 8.08. The van der Waals surface area contributed by atoms with Gasteiger partial charge in [0, 0.05) is 18.0 Å². The van der Waals surface area contributed by atoms with Crippen LogP contribution in [0.3, 0.4) is 0 Å². The first-order valence-corrected chi connectivity index (χ1v) is 11.5. The molecule has 2 aromatic rings. The Morgan fingerprint density at radius 1 is 1.30 bits per heavy atom. The average Bonchev–Trinajstić information content (AvgIpc) is 3.24. The van der Waals surface area contributed by atoms with Gasteiger partial charge < -0.3 is 5.32 Å². The zero-order chi connectivity index (χ0) is 19.6. The Morgan fingerprint density at radius 2 is 2.00 bits per heavy atom. The van der Waals surface area contributed by atoms with Crippen LogP contribution in [0.1, 0.15) is 48.5 Å². The molecule has 0 bridgehead atoms. The SMILES string of the molecule is Cc1nn(CC(=O)NC(C)c2cccs2)c(C)c1S(=O)(=O)N1CCCCC1. The molecule has 0 spiro atoms. The van der Waals surface area contributed by atoms with E-state index >= 15 is 0 Å². The number of thiophene rings is 1. The quantitative estimate of drug-likeness (QED) is 0.793. The maximum atomic E-state index is 13.0.